The zero-order valence-corrected chi connectivity index (χ0v) is 19.8. The molecular weight excluding hydrogens is 454 g/mol. The molecule has 0 aliphatic carbocycles. The Morgan fingerprint density at radius 2 is 1.59 bits per heavy atom. The Labute approximate surface area is 203 Å². The number of halogens is 1. The van der Waals surface area contributed by atoms with E-state index in [1.54, 1.807) is 22.7 Å². The average molecular weight is 480 g/mol. The van der Waals surface area contributed by atoms with Crippen molar-refractivity contribution in [3.05, 3.63) is 70.4 Å². The summed E-state index contributed by atoms with van der Waals surface area (Å²) in [5, 5.41) is 15.8. The number of nitro benzene ring substituents is 1. The molecule has 0 spiro atoms. The van der Waals surface area contributed by atoms with Crippen molar-refractivity contribution < 1.29 is 4.92 Å². The molecule has 9 nitrogen and oxygen atoms in total. The first-order valence-electron chi connectivity index (χ1n) is 10.9. The largest absolute Gasteiger partial charge is 0.384 e. The van der Waals surface area contributed by atoms with Gasteiger partial charge < -0.3 is 15.5 Å². The van der Waals surface area contributed by atoms with Crippen LogP contribution in [0.5, 0.6) is 0 Å². The predicted octanol–water partition coefficient (Wildman–Crippen LogP) is 4.04. The first-order valence-corrected chi connectivity index (χ1v) is 10.9. The van der Waals surface area contributed by atoms with Crippen molar-refractivity contribution in [3.8, 4) is 22.4 Å². The highest BCUT2D eigenvalue weighted by Gasteiger charge is 2.21. The molecule has 5 rings (SSSR count). The van der Waals surface area contributed by atoms with Gasteiger partial charge in [-0.05, 0) is 43.8 Å². The zero-order chi connectivity index (χ0) is 23.1. The third-order valence-electron chi connectivity index (χ3n) is 6.12. The summed E-state index contributed by atoms with van der Waals surface area (Å²) in [7, 11) is 2.14. The van der Waals surface area contributed by atoms with Gasteiger partial charge in [-0.3, -0.25) is 10.1 Å². The molecule has 34 heavy (non-hydrogen) atoms. The van der Waals surface area contributed by atoms with E-state index in [0.29, 0.717) is 17.2 Å². The van der Waals surface area contributed by atoms with Crippen LogP contribution in [0.2, 0.25) is 0 Å². The second-order valence-electron chi connectivity index (χ2n) is 8.42. The standard InChI is InChI=1S/C24H25N7O2.ClH/c1-16-15-21(25)30-24(26-16)22(23(27-30)18-5-9-20(10-6-18)31(32)33)17-3-7-19(8-4-17)29-13-11-28(2)12-14-29;/h3-10,15H,11-14,25H2,1-2H3;1H. The van der Waals surface area contributed by atoms with Crippen LogP contribution in [0.15, 0.2) is 54.6 Å². The molecule has 3 heterocycles. The minimum atomic E-state index is -0.408. The number of nitrogens with zero attached hydrogens (tertiary/aromatic N) is 6. The van der Waals surface area contributed by atoms with Gasteiger partial charge in [0.15, 0.2) is 5.65 Å². The fourth-order valence-electron chi connectivity index (χ4n) is 4.28. The number of anilines is 2. The summed E-state index contributed by atoms with van der Waals surface area (Å²) in [6.07, 6.45) is 0. The predicted molar refractivity (Wildman–Crippen MR) is 137 cm³/mol. The summed E-state index contributed by atoms with van der Waals surface area (Å²) in [5.74, 6) is 0.487. The molecule has 0 radical (unpaired) electrons. The molecule has 1 aliphatic heterocycles. The Kier molecular flexibility index (Phi) is 6.41. The molecule has 10 heteroatoms. The molecule has 176 valence electrons. The number of likely N-dealkylation sites (N-methyl/N-ethyl adjacent to an activating group) is 1. The highest BCUT2D eigenvalue weighted by atomic mass is 35.5. The van der Waals surface area contributed by atoms with Crippen LogP contribution in [-0.4, -0.2) is 57.6 Å². The lowest BCUT2D eigenvalue weighted by molar-refractivity contribution is -0.384. The SMILES string of the molecule is Cc1cc(N)n2nc(-c3ccc([N+](=O)[O-])cc3)c(-c3ccc(N4CCN(C)CC4)cc3)c2n1.Cl. The molecule has 2 aromatic carbocycles. The fourth-order valence-corrected chi connectivity index (χ4v) is 4.28. The van der Waals surface area contributed by atoms with Gasteiger partial charge >= 0.3 is 0 Å². The monoisotopic (exact) mass is 479 g/mol. The Balaban J connectivity index is 0.00000274. The normalized spacial score (nSPS) is 14.2. The number of hydrogen-bond acceptors (Lipinski definition) is 7. The van der Waals surface area contributed by atoms with E-state index in [1.165, 1.54) is 17.8 Å². The van der Waals surface area contributed by atoms with E-state index in [-0.39, 0.29) is 18.1 Å². The van der Waals surface area contributed by atoms with Crippen molar-refractivity contribution in [2.75, 3.05) is 43.9 Å². The average Bonchev–Trinajstić information content (AvgIpc) is 3.19. The quantitative estimate of drug-likeness (QED) is 0.348. The Bertz CT molecular complexity index is 1330. The zero-order valence-electron chi connectivity index (χ0n) is 19.0. The van der Waals surface area contributed by atoms with Crippen LogP contribution >= 0.6 is 12.4 Å². The minimum absolute atomic E-state index is 0. The number of nitro groups is 1. The van der Waals surface area contributed by atoms with Crippen molar-refractivity contribution in [2.24, 2.45) is 0 Å². The van der Waals surface area contributed by atoms with E-state index < -0.39 is 4.92 Å². The van der Waals surface area contributed by atoms with Gasteiger partial charge in [0, 0.05) is 61.3 Å². The molecular formula is C24H26ClN7O2. The summed E-state index contributed by atoms with van der Waals surface area (Å²) in [5.41, 5.74) is 12.2. The van der Waals surface area contributed by atoms with Gasteiger partial charge in [-0.15, -0.1) is 12.4 Å². The third kappa shape index (κ3) is 4.27. The smallest absolute Gasteiger partial charge is 0.269 e. The number of nitrogens with two attached hydrogens (primary N) is 1. The maximum Gasteiger partial charge on any atom is 0.269 e. The fraction of sp³-hybridized carbons (Fsp3) is 0.250. The molecule has 4 aromatic rings. The molecule has 0 atom stereocenters. The van der Waals surface area contributed by atoms with Crippen molar-refractivity contribution in [2.45, 2.75) is 6.92 Å². The van der Waals surface area contributed by atoms with E-state index in [0.717, 1.165) is 48.6 Å². The lowest BCUT2D eigenvalue weighted by Gasteiger charge is -2.34. The van der Waals surface area contributed by atoms with Gasteiger partial charge in [0.05, 0.1) is 10.5 Å². The topological polar surface area (TPSA) is 106 Å². The third-order valence-corrected chi connectivity index (χ3v) is 6.12. The molecule has 1 fully saturated rings. The van der Waals surface area contributed by atoms with Crippen LogP contribution in [0.4, 0.5) is 17.2 Å². The Hall–Kier alpha value is -3.69. The molecule has 2 N–H and O–H groups in total. The summed E-state index contributed by atoms with van der Waals surface area (Å²) < 4.78 is 1.63. The van der Waals surface area contributed by atoms with Crippen LogP contribution in [0.3, 0.4) is 0 Å². The number of fused-ring (bicyclic) bond motifs is 1. The molecule has 1 aliphatic rings. The van der Waals surface area contributed by atoms with Gasteiger partial charge in [0.25, 0.3) is 5.69 Å². The summed E-state index contributed by atoms with van der Waals surface area (Å²) >= 11 is 0. The Morgan fingerprint density at radius 1 is 0.971 bits per heavy atom. The van der Waals surface area contributed by atoms with Crippen LogP contribution in [0, 0.1) is 17.0 Å². The second-order valence-corrected chi connectivity index (χ2v) is 8.42. The minimum Gasteiger partial charge on any atom is -0.384 e. The highest BCUT2D eigenvalue weighted by molar-refractivity contribution is 5.91. The van der Waals surface area contributed by atoms with E-state index in [9.17, 15) is 10.1 Å². The van der Waals surface area contributed by atoms with Crippen LogP contribution in [-0.2, 0) is 0 Å². The highest BCUT2D eigenvalue weighted by Crippen LogP contribution is 2.36. The Morgan fingerprint density at radius 3 is 2.21 bits per heavy atom. The number of rotatable bonds is 4. The molecule has 2 aromatic heterocycles. The second kappa shape index (κ2) is 9.28. The maximum absolute atomic E-state index is 11.1. The van der Waals surface area contributed by atoms with Crippen molar-refractivity contribution in [3.63, 3.8) is 0 Å². The first kappa shape index (κ1) is 23.5. The molecule has 0 bridgehead atoms. The van der Waals surface area contributed by atoms with Gasteiger partial charge in [0.1, 0.15) is 11.5 Å². The summed E-state index contributed by atoms with van der Waals surface area (Å²) in [6, 6.07) is 16.6. The number of aryl methyl sites for hydroxylation is 1. The van der Waals surface area contributed by atoms with Crippen molar-refractivity contribution >= 4 is 35.2 Å². The molecule has 0 amide bonds. The van der Waals surface area contributed by atoms with E-state index in [2.05, 4.69) is 41.1 Å². The van der Waals surface area contributed by atoms with E-state index in [4.69, 9.17) is 15.8 Å². The lowest BCUT2D eigenvalue weighted by Crippen LogP contribution is -2.44. The van der Waals surface area contributed by atoms with Gasteiger partial charge in [0.2, 0.25) is 0 Å². The molecule has 0 unspecified atom stereocenters. The van der Waals surface area contributed by atoms with Gasteiger partial charge in [-0.2, -0.15) is 9.61 Å². The number of non-ortho nitro benzene ring substituents is 1. The summed E-state index contributed by atoms with van der Waals surface area (Å²) in [6.45, 7) is 5.98. The lowest BCUT2D eigenvalue weighted by atomic mass is 10.0. The number of hydrogen-bond donors (Lipinski definition) is 1. The van der Waals surface area contributed by atoms with Crippen LogP contribution < -0.4 is 10.6 Å². The van der Waals surface area contributed by atoms with Crippen LogP contribution in [0.1, 0.15) is 5.69 Å². The summed E-state index contributed by atoms with van der Waals surface area (Å²) in [4.78, 5) is 20.1. The maximum atomic E-state index is 11.1. The molecule has 0 saturated carbocycles. The van der Waals surface area contributed by atoms with Gasteiger partial charge in [-0.25, -0.2) is 4.98 Å². The van der Waals surface area contributed by atoms with Crippen molar-refractivity contribution in [1.29, 1.82) is 0 Å². The van der Waals surface area contributed by atoms with Crippen LogP contribution in [0.25, 0.3) is 28.0 Å². The number of benzene rings is 2. The number of aromatic nitrogens is 3. The number of piperazine rings is 1. The van der Waals surface area contributed by atoms with E-state index >= 15 is 0 Å². The van der Waals surface area contributed by atoms with Crippen molar-refractivity contribution in [1.82, 2.24) is 19.5 Å². The van der Waals surface area contributed by atoms with Gasteiger partial charge in [-0.1, -0.05) is 12.1 Å². The first-order chi connectivity index (χ1) is 15.9. The van der Waals surface area contributed by atoms with E-state index in [1.807, 2.05) is 6.92 Å². The molecule has 1 saturated heterocycles. The number of nitrogen functional groups attached to an aromatic ring is 1.